The van der Waals surface area contributed by atoms with Gasteiger partial charge >= 0.3 is 6.09 Å². The number of fused-ring (bicyclic) bond motifs is 1. The Morgan fingerprint density at radius 3 is 2.80 bits per heavy atom. The van der Waals surface area contributed by atoms with Crippen LogP contribution in [0.3, 0.4) is 0 Å². The van der Waals surface area contributed by atoms with E-state index in [1.165, 1.54) is 0 Å². The molecule has 0 bridgehead atoms. The lowest BCUT2D eigenvalue weighted by atomic mass is 10.2. The lowest BCUT2D eigenvalue weighted by Crippen LogP contribution is -2.34. The second kappa shape index (κ2) is 5.15. The zero-order valence-corrected chi connectivity index (χ0v) is 12.6. The van der Waals surface area contributed by atoms with E-state index in [9.17, 15) is 4.79 Å². The van der Waals surface area contributed by atoms with Gasteiger partial charge in [0, 0.05) is 6.20 Å². The Bertz CT molecular complexity index is 626. The molecule has 0 aliphatic rings. The van der Waals surface area contributed by atoms with Gasteiger partial charge in [-0.1, -0.05) is 6.07 Å². The Hall–Kier alpha value is -2.04. The van der Waals surface area contributed by atoms with E-state index < -0.39 is 11.7 Å². The minimum Gasteiger partial charge on any atom is -0.444 e. The number of rotatable bonds is 2. The first-order chi connectivity index (χ1) is 9.28. The standard InChI is InChI=1S/C15H21N3O2/c1-10-7-6-8-18-12(10)9-16-13(18)11(2)17-14(19)20-15(3,4)5/h6-9,11H,1-5H3,(H,17,19). The van der Waals surface area contributed by atoms with Crippen molar-refractivity contribution in [3.8, 4) is 0 Å². The van der Waals surface area contributed by atoms with E-state index in [-0.39, 0.29) is 6.04 Å². The molecule has 1 unspecified atom stereocenters. The van der Waals surface area contributed by atoms with Crippen LogP contribution in [0.25, 0.3) is 5.52 Å². The summed E-state index contributed by atoms with van der Waals surface area (Å²) in [7, 11) is 0. The van der Waals surface area contributed by atoms with Crippen molar-refractivity contribution in [2.45, 2.75) is 46.3 Å². The van der Waals surface area contributed by atoms with Crippen molar-refractivity contribution in [1.29, 1.82) is 0 Å². The van der Waals surface area contributed by atoms with Gasteiger partial charge in [-0.25, -0.2) is 9.78 Å². The van der Waals surface area contributed by atoms with Crippen LogP contribution in [0.1, 0.15) is 45.1 Å². The molecule has 0 saturated heterocycles. The Morgan fingerprint density at radius 1 is 1.45 bits per heavy atom. The van der Waals surface area contributed by atoms with E-state index in [0.29, 0.717) is 0 Å². The molecule has 1 amide bonds. The number of imidazole rings is 1. The van der Waals surface area contributed by atoms with E-state index in [0.717, 1.165) is 16.9 Å². The number of hydrogen-bond donors (Lipinski definition) is 1. The summed E-state index contributed by atoms with van der Waals surface area (Å²) in [5.74, 6) is 0.787. The van der Waals surface area contributed by atoms with Crippen LogP contribution in [0, 0.1) is 6.92 Å². The summed E-state index contributed by atoms with van der Waals surface area (Å²) in [6.45, 7) is 9.44. The Kier molecular flexibility index (Phi) is 3.70. The smallest absolute Gasteiger partial charge is 0.408 e. The monoisotopic (exact) mass is 275 g/mol. The number of nitrogens with zero attached hydrogens (tertiary/aromatic N) is 2. The summed E-state index contributed by atoms with van der Waals surface area (Å²) < 4.78 is 7.24. The topological polar surface area (TPSA) is 55.6 Å². The van der Waals surface area contributed by atoms with Crippen molar-refractivity contribution in [1.82, 2.24) is 14.7 Å². The van der Waals surface area contributed by atoms with Crippen LogP contribution in [0.2, 0.25) is 0 Å². The number of ether oxygens (including phenoxy) is 1. The van der Waals surface area contributed by atoms with Crippen molar-refractivity contribution < 1.29 is 9.53 Å². The first-order valence-electron chi connectivity index (χ1n) is 6.70. The number of aromatic nitrogens is 2. The van der Waals surface area contributed by atoms with Crippen molar-refractivity contribution in [2.75, 3.05) is 0 Å². The minimum atomic E-state index is -0.505. The molecule has 2 aromatic rings. The van der Waals surface area contributed by atoms with Crippen LogP contribution in [-0.2, 0) is 4.74 Å². The molecule has 0 aromatic carbocycles. The SMILES string of the molecule is Cc1cccn2c(C(C)NC(=O)OC(C)(C)C)ncc12. The predicted octanol–water partition coefficient (Wildman–Crippen LogP) is 3.23. The van der Waals surface area contributed by atoms with E-state index in [1.54, 1.807) is 0 Å². The fourth-order valence-corrected chi connectivity index (χ4v) is 2.05. The summed E-state index contributed by atoms with van der Waals surface area (Å²) in [4.78, 5) is 16.2. The number of nitrogens with one attached hydrogen (secondary N) is 1. The van der Waals surface area contributed by atoms with Gasteiger partial charge in [0.15, 0.2) is 0 Å². The zero-order valence-electron chi connectivity index (χ0n) is 12.6. The van der Waals surface area contributed by atoms with Gasteiger partial charge in [0.1, 0.15) is 11.4 Å². The lowest BCUT2D eigenvalue weighted by Gasteiger charge is -2.21. The maximum absolute atomic E-state index is 11.8. The fraction of sp³-hybridized carbons (Fsp3) is 0.467. The van der Waals surface area contributed by atoms with Gasteiger partial charge in [-0.05, 0) is 46.2 Å². The molecule has 0 radical (unpaired) electrons. The van der Waals surface area contributed by atoms with Crippen molar-refractivity contribution in [3.05, 3.63) is 35.9 Å². The number of carbonyl (C=O) groups excluding carboxylic acids is 1. The third-order valence-electron chi connectivity index (χ3n) is 2.93. The highest BCUT2D eigenvalue weighted by molar-refractivity contribution is 5.68. The number of pyridine rings is 1. The van der Waals surface area contributed by atoms with Gasteiger partial charge in [-0.3, -0.25) is 0 Å². The maximum Gasteiger partial charge on any atom is 0.408 e. The maximum atomic E-state index is 11.8. The molecule has 20 heavy (non-hydrogen) atoms. The van der Waals surface area contributed by atoms with Crippen molar-refractivity contribution in [2.24, 2.45) is 0 Å². The molecule has 2 rings (SSSR count). The van der Waals surface area contributed by atoms with Crippen LogP contribution in [0.4, 0.5) is 4.79 Å². The van der Waals surface area contributed by atoms with E-state index in [4.69, 9.17) is 4.74 Å². The summed E-state index contributed by atoms with van der Waals surface area (Å²) in [5, 5.41) is 2.81. The van der Waals surface area contributed by atoms with Crippen LogP contribution >= 0.6 is 0 Å². The summed E-state index contributed by atoms with van der Waals surface area (Å²) >= 11 is 0. The molecule has 1 atom stereocenters. The number of hydrogen-bond acceptors (Lipinski definition) is 3. The summed E-state index contributed by atoms with van der Waals surface area (Å²) in [5.41, 5.74) is 1.69. The molecule has 1 N–H and O–H groups in total. The summed E-state index contributed by atoms with van der Waals surface area (Å²) in [6, 6.07) is 3.77. The van der Waals surface area contributed by atoms with Crippen molar-refractivity contribution >= 4 is 11.6 Å². The first-order valence-corrected chi connectivity index (χ1v) is 6.70. The molecular formula is C15H21N3O2. The van der Waals surface area contributed by atoms with Gasteiger partial charge < -0.3 is 14.5 Å². The largest absolute Gasteiger partial charge is 0.444 e. The number of amides is 1. The molecule has 0 spiro atoms. The van der Waals surface area contributed by atoms with Gasteiger partial charge in [0.05, 0.1) is 17.8 Å². The van der Waals surface area contributed by atoms with Gasteiger partial charge in [0.2, 0.25) is 0 Å². The Labute approximate surface area is 119 Å². The highest BCUT2D eigenvalue weighted by Crippen LogP contribution is 2.17. The fourth-order valence-electron chi connectivity index (χ4n) is 2.05. The molecule has 0 fully saturated rings. The highest BCUT2D eigenvalue weighted by Gasteiger charge is 2.20. The average Bonchev–Trinajstić information content (AvgIpc) is 2.71. The quantitative estimate of drug-likeness (QED) is 0.915. The Balaban J connectivity index is 2.18. The molecule has 0 aliphatic heterocycles. The molecule has 5 heteroatoms. The van der Waals surface area contributed by atoms with Crippen molar-refractivity contribution in [3.63, 3.8) is 0 Å². The highest BCUT2D eigenvalue weighted by atomic mass is 16.6. The summed E-state index contributed by atoms with van der Waals surface area (Å²) in [6.07, 6.45) is 3.32. The van der Waals surface area contributed by atoms with Crippen LogP contribution in [0.15, 0.2) is 24.5 Å². The molecular weight excluding hydrogens is 254 g/mol. The minimum absolute atomic E-state index is 0.228. The molecule has 2 heterocycles. The molecule has 0 saturated carbocycles. The van der Waals surface area contributed by atoms with Crippen LogP contribution < -0.4 is 5.32 Å². The third kappa shape index (κ3) is 3.10. The number of carbonyl (C=O) groups is 1. The van der Waals surface area contributed by atoms with E-state index in [1.807, 2.05) is 63.5 Å². The van der Waals surface area contributed by atoms with Gasteiger partial charge in [-0.2, -0.15) is 0 Å². The number of alkyl carbamates (subject to hydrolysis) is 1. The zero-order chi connectivity index (χ0) is 14.9. The Morgan fingerprint density at radius 2 is 2.15 bits per heavy atom. The number of aryl methyl sites for hydroxylation is 1. The van der Waals surface area contributed by atoms with Crippen LogP contribution in [-0.4, -0.2) is 21.1 Å². The third-order valence-corrected chi connectivity index (χ3v) is 2.93. The van der Waals surface area contributed by atoms with Gasteiger partial charge in [-0.15, -0.1) is 0 Å². The molecule has 0 aliphatic carbocycles. The first kappa shape index (κ1) is 14.4. The normalized spacial score (nSPS) is 13.2. The lowest BCUT2D eigenvalue weighted by molar-refractivity contribution is 0.0505. The van der Waals surface area contributed by atoms with Gasteiger partial charge in [0.25, 0.3) is 0 Å². The molecule has 108 valence electrons. The second-order valence-electron chi connectivity index (χ2n) is 5.93. The second-order valence-corrected chi connectivity index (χ2v) is 5.93. The molecule has 2 aromatic heterocycles. The predicted molar refractivity (Wildman–Crippen MR) is 77.7 cm³/mol. The average molecular weight is 275 g/mol. The van der Waals surface area contributed by atoms with Crippen LogP contribution in [0.5, 0.6) is 0 Å². The van der Waals surface area contributed by atoms with E-state index >= 15 is 0 Å². The van der Waals surface area contributed by atoms with E-state index in [2.05, 4.69) is 10.3 Å². The molecule has 5 nitrogen and oxygen atoms in total.